The third-order valence-corrected chi connectivity index (χ3v) is 14.3. The average molecular weight is 1160 g/mol. The van der Waals surface area contributed by atoms with Gasteiger partial charge >= 0.3 is 0 Å². The molecule has 1 aliphatic carbocycles. The Kier molecular flexibility index (Phi) is 32.9. The monoisotopic (exact) mass is 1150 g/mol. The third-order valence-electron chi connectivity index (χ3n) is 14.0. The van der Waals surface area contributed by atoms with Crippen LogP contribution in [0.25, 0.3) is 0 Å². The van der Waals surface area contributed by atoms with Gasteiger partial charge in [-0.05, 0) is 110 Å². The van der Waals surface area contributed by atoms with Crippen LogP contribution in [0.5, 0.6) is 0 Å². The standard InChI is InChI=1S/C56H91ClN14O10/c1-8-9-15-48-66-53(57)47(71(48)37-43-18-20-44(21-19-43)45-13-10-11-14-46(45)54(58)67-70-59)36-63-52(75)39-81-38-51(74)62-29-31-79-33-35-80-34-32-78-30-28-61-50(73)17-12-16-49(72)60-25-22-42(23-26-64-55(4,5)40(2)68-76)24-27-65-56(6,7)41(3)69-77/h10-11,13-14,18-20,42,44,64-65,76-77H,8-9,12,15-17,21-39H2,1-7H3,(H,60,72)(H,61,73)(H,62,74)(H,63,75)(H3,58,59,67)/b68-40-,69-41-. The van der Waals surface area contributed by atoms with Gasteiger partial charge in [0.25, 0.3) is 0 Å². The molecule has 0 bridgehead atoms. The number of carbonyl (C=O) groups excluding carboxylic acids is 4. The van der Waals surface area contributed by atoms with Crippen molar-refractivity contribution in [1.29, 1.82) is 5.53 Å². The van der Waals surface area contributed by atoms with Gasteiger partial charge in [0.15, 0.2) is 11.0 Å². The molecular formula is C56H91ClN14O10. The number of nitrogens with zero attached hydrogens (tertiary/aromatic N) is 6. The number of amidine groups is 1. The van der Waals surface area contributed by atoms with Crippen molar-refractivity contribution >= 4 is 52.5 Å². The van der Waals surface area contributed by atoms with Gasteiger partial charge in [-0.25, -0.2) is 4.98 Å². The van der Waals surface area contributed by atoms with Gasteiger partial charge in [-0.15, -0.1) is 5.10 Å². The minimum atomic E-state index is -0.466. The lowest BCUT2D eigenvalue weighted by molar-refractivity contribution is -0.131. The summed E-state index contributed by atoms with van der Waals surface area (Å²) in [5, 5.41) is 50.5. The number of imidazole rings is 1. The molecule has 2 aromatic rings. The quantitative estimate of drug-likeness (QED) is 0.00962. The van der Waals surface area contributed by atoms with Crippen LogP contribution in [0.15, 0.2) is 68.7 Å². The first-order valence-electron chi connectivity index (χ1n) is 28.0. The van der Waals surface area contributed by atoms with Gasteiger partial charge < -0.3 is 71.6 Å². The summed E-state index contributed by atoms with van der Waals surface area (Å²) in [6.45, 7) is 17.8. The molecule has 11 N–H and O–H groups in total. The van der Waals surface area contributed by atoms with Gasteiger partial charge in [0.1, 0.15) is 19.0 Å². The van der Waals surface area contributed by atoms with Crippen LogP contribution in [0.3, 0.4) is 0 Å². The highest BCUT2D eigenvalue weighted by Crippen LogP contribution is 2.31. The number of halogens is 1. The molecule has 1 aromatic heterocycles. The first kappa shape index (κ1) is 69.1. The van der Waals surface area contributed by atoms with Crippen LogP contribution in [0.2, 0.25) is 5.15 Å². The molecule has 81 heavy (non-hydrogen) atoms. The molecule has 452 valence electrons. The van der Waals surface area contributed by atoms with Gasteiger partial charge in [0.2, 0.25) is 23.6 Å². The second kappa shape index (κ2) is 38.5. The number of nitrogens with two attached hydrogens (primary N) is 1. The Hall–Kier alpha value is -6.15. The molecule has 0 radical (unpaired) electrons. The number of amides is 4. The summed E-state index contributed by atoms with van der Waals surface area (Å²) >= 11 is 6.65. The van der Waals surface area contributed by atoms with Gasteiger partial charge in [0.05, 0.1) is 74.4 Å². The Labute approximate surface area is 482 Å². The highest BCUT2D eigenvalue weighted by atomic mass is 35.5. The fourth-order valence-electron chi connectivity index (χ4n) is 8.45. The SMILES string of the molecule is CCCCc1nc(Cl)c(CNC(=O)COCC(=O)NCCOCCOCCOCCNC(=O)CCCC(=O)NCCC(CCNC(C)(C)/C(C)=N\O)CCNC(C)(C)/C(C)=N\O)n1CC1=CCC(c2ccccc2C(N)=NN=N)C=C1. The van der Waals surface area contributed by atoms with Crippen LogP contribution in [0.4, 0.5) is 0 Å². The van der Waals surface area contributed by atoms with E-state index in [4.69, 9.17) is 41.8 Å². The first-order valence-corrected chi connectivity index (χ1v) is 28.4. The molecule has 0 fully saturated rings. The molecule has 1 aliphatic rings. The van der Waals surface area contributed by atoms with Crippen molar-refractivity contribution in [2.75, 3.05) is 85.6 Å². The molecule has 25 heteroatoms. The van der Waals surface area contributed by atoms with E-state index in [0.717, 1.165) is 67.5 Å². The number of aryl methyl sites for hydroxylation is 1. The van der Waals surface area contributed by atoms with Crippen LogP contribution in [0, 0.1) is 11.4 Å². The molecule has 24 nitrogen and oxygen atoms in total. The Morgan fingerprint density at radius 2 is 1.32 bits per heavy atom. The van der Waals surface area contributed by atoms with E-state index in [9.17, 15) is 29.6 Å². The second-order valence-corrected chi connectivity index (χ2v) is 21.2. The molecule has 0 saturated carbocycles. The van der Waals surface area contributed by atoms with E-state index in [0.29, 0.717) is 94.4 Å². The van der Waals surface area contributed by atoms with Crippen molar-refractivity contribution in [1.82, 2.24) is 41.5 Å². The number of benzene rings is 1. The number of nitrogens with one attached hydrogen (secondary N) is 7. The minimum absolute atomic E-state index is 0.0570. The van der Waals surface area contributed by atoms with Crippen LogP contribution >= 0.6 is 11.6 Å². The van der Waals surface area contributed by atoms with Gasteiger partial charge in [0, 0.05) is 56.9 Å². The molecule has 1 heterocycles. The van der Waals surface area contributed by atoms with E-state index in [-0.39, 0.29) is 75.2 Å². The molecule has 0 saturated heterocycles. The summed E-state index contributed by atoms with van der Waals surface area (Å²) in [6, 6.07) is 7.68. The lowest BCUT2D eigenvalue weighted by atomic mass is 9.87. The number of unbranched alkanes of at least 4 members (excludes halogenated alkanes) is 1. The summed E-state index contributed by atoms with van der Waals surface area (Å²) < 4.78 is 24.0. The molecule has 3 rings (SSSR count). The first-order chi connectivity index (χ1) is 38.8. The van der Waals surface area contributed by atoms with Crippen molar-refractivity contribution in [3.63, 3.8) is 0 Å². The van der Waals surface area contributed by atoms with E-state index in [1.54, 1.807) is 13.8 Å². The fourth-order valence-corrected chi connectivity index (χ4v) is 8.72. The zero-order valence-corrected chi connectivity index (χ0v) is 49.4. The number of hydrogen-bond donors (Lipinski definition) is 10. The van der Waals surface area contributed by atoms with Crippen molar-refractivity contribution in [2.24, 2.45) is 32.3 Å². The normalized spacial score (nSPS) is 14.3. The number of rotatable bonds is 43. The smallest absolute Gasteiger partial charge is 0.246 e. The maximum absolute atomic E-state index is 12.8. The van der Waals surface area contributed by atoms with Crippen LogP contribution in [-0.4, -0.2) is 158 Å². The Bertz CT molecular complexity index is 2390. The molecule has 1 unspecified atom stereocenters. The highest BCUT2D eigenvalue weighted by molar-refractivity contribution is 6.30. The molecule has 1 atom stereocenters. The maximum Gasteiger partial charge on any atom is 0.246 e. The summed E-state index contributed by atoms with van der Waals surface area (Å²) in [5.74, 6) is 0.282. The number of hydrogen-bond acceptors (Lipinski definition) is 17. The molecule has 0 spiro atoms. The Balaban J connectivity index is 1.20. The lowest BCUT2D eigenvalue weighted by Gasteiger charge is -2.28. The van der Waals surface area contributed by atoms with E-state index in [1.807, 2.05) is 56.5 Å². The average Bonchev–Trinajstić information content (AvgIpc) is 3.74. The van der Waals surface area contributed by atoms with Crippen LogP contribution < -0.4 is 37.6 Å². The maximum atomic E-state index is 12.8. The number of oxime groups is 2. The second-order valence-electron chi connectivity index (χ2n) is 20.8. The van der Waals surface area contributed by atoms with E-state index >= 15 is 0 Å². The zero-order valence-electron chi connectivity index (χ0n) is 48.7. The summed E-state index contributed by atoms with van der Waals surface area (Å²) in [5.41, 5.74) is 16.9. The largest absolute Gasteiger partial charge is 0.411 e. The van der Waals surface area contributed by atoms with Crippen molar-refractivity contribution in [3.05, 3.63) is 75.9 Å². The molecule has 0 aliphatic heterocycles. The van der Waals surface area contributed by atoms with Gasteiger partial charge in [-0.2, -0.15) is 5.53 Å². The van der Waals surface area contributed by atoms with E-state index < -0.39 is 22.9 Å². The Morgan fingerprint density at radius 3 is 1.88 bits per heavy atom. The molecular weight excluding hydrogens is 1060 g/mol. The highest BCUT2D eigenvalue weighted by Gasteiger charge is 2.25. The van der Waals surface area contributed by atoms with Crippen molar-refractivity contribution in [2.45, 2.75) is 143 Å². The number of aromatic nitrogens is 2. The minimum Gasteiger partial charge on any atom is -0.411 e. The fraction of sp³-hybridized carbons (Fsp3) is 0.643. The topological polar surface area (TPSA) is 335 Å². The predicted octanol–water partition coefficient (Wildman–Crippen LogP) is 5.63. The summed E-state index contributed by atoms with van der Waals surface area (Å²) in [7, 11) is 0. The van der Waals surface area contributed by atoms with Gasteiger partial charge in [-0.3, -0.25) is 19.2 Å². The third kappa shape index (κ3) is 27.0. The number of ether oxygens (including phenoxy) is 4. The number of carbonyl (C=O) groups is 4. The van der Waals surface area contributed by atoms with Gasteiger partial charge in [-0.1, -0.05) is 83.0 Å². The van der Waals surface area contributed by atoms with Crippen LogP contribution in [-0.2, 0) is 57.6 Å². The molecule has 1 aromatic carbocycles. The van der Waals surface area contributed by atoms with Crippen molar-refractivity contribution in [3.8, 4) is 0 Å². The number of allylic oxidation sites excluding steroid dienone is 4. The molecule has 4 amide bonds. The lowest BCUT2D eigenvalue weighted by Crippen LogP contribution is -2.47. The summed E-state index contributed by atoms with van der Waals surface area (Å²) in [6.07, 6.45) is 13.0. The van der Waals surface area contributed by atoms with E-state index in [2.05, 4.69) is 82.7 Å². The van der Waals surface area contributed by atoms with Crippen LogP contribution in [0.1, 0.15) is 135 Å². The summed E-state index contributed by atoms with van der Waals surface area (Å²) in [4.78, 5) is 54.7. The van der Waals surface area contributed by atoms with Crippen molar-refractivity contribution < 1.29 is 48.5 Å². The van der Waals surface area contributed by atoms with E-state index in [1.165, 1.54) is 0 Å². The Morgan fingerprint density at radius 1 is 0.778 bits per heavy atom. The predicted molar refractivity (Wildman–Crippen MR) is 312 cm³/mol. The zero-order chi connectivity index (χ0) is 59.5.